The van der Waals surface area contributed by atoms with Gasteiger partial charge in [-0.25, -0.2) is 0 Å². The van der Waals surface area contributed by atoms with E-state index in [-0.39, 0.29) is 0 Å². The van der Waals surface area contributed by atoms with E-state index in [0.717, 1.165) is 5.75 Å². The van der Waals surface area contributed by atoms with Crippen LogP contribution in [-0.2, 0) is 0 Å². The van der Waals surface area contributed by atoms with Crippen molar-refractivity contribution in [2.75, 3.05) is 5.75 Å². The van der Waals surface area contributed by atoms with Gasteiger partial charge in [-0.15, -0.1) is 0 Å². The van der Waals surface area contributed by atoms with Gasteiger partial charge in [0.1, 0.15) is 0 Å². The zero-order valence-corrected chi connectivity index (χ0v) is 16.9. The summed E-state index contributed by atoms with van der Waals surface area (Å²) in [7, 11) is 0. The first-order valence-corrected chi connectivity index (χ1v) is 16.7. The first-order chi connectivity index (χ1) is 9.24. The van der Waals surface area contributed by atoms with Crippen molar-refractivity contribution in [1.82, 2.24) is 0 Å². The standard InChI is InChI=1S/C5H5S.3C4H9.Sn/c1-3-5-6-4-2;3*1-3-4-2;/h1-2,4H,5H2;3*1,3-4H2,2H3;. The fraction of sp³-hybridized carbons (Fsp3) is 0.765. The average molecular weight is 387 g/mol. The molecule has 0 saturated heterocycles. The van der Waals surface area contributed by atoms with Gasteiger partial charge in [-0.2, -0.15) is 0 Å². The average Bonchev–Trinajstić information content (AvgIpc) is 2.44. The third kappa shape index (κ3) is 9.90. The monoisotopic (exact) mass is 388 g/mol. The molecule has 0 radical (unpaired) electrons. The predicted octanol–water partition coefficient (Wildman–Crippen LogP) is 6.25. The molecule has 0 unspecified atom stereocenters. The second-order valence-corrected chi connectivity index (χ2v) is 19.4. The van der Waals surface area contributed by atoms with Gasteiger partial charge in [-0.1, -0.05) is 0 Å². The van der Waals surface area contributed by atoms with E-state index in [0.29, 0.717) is 0 Å². The molecule has 0 aliphatic carbocycles. The fourth-order valence-electron chi connectivity index (χ4n) is 2.50. The zero-order valence-electron chi connectivity index (χ0n) is 13.2. The molecule has 0 atom stereocenters. The van der Waals surface area contributed by atoms with E-state index >= 15 is 0 Å². The summed E-state index contributed by atoms with van der Waals surface area (Å²) < 4.78 is 7.35. The summed E-state index contributed by atoms with van der Waals surface area (Å²) >= 11 is -0.188. The number of thioether (sulfide) groups is 1. The SMILES string of the molecule is C#CCS/C=[CH]/[Sn]([CH2]CCC)([CH2]CCC)[CH2]CCC. The molecule has 0 saturated carbocycles. The second-order valence-electron chi connectivity index (χ2n) is 5.49. The van der Waals surface area contributed by atoms with Crippen LogP contribution in [-0.4, -0.2) is 24.1 Å². The Hall–Kier alpha value is 0.449. The van der Waals surface area contributed by atoms with Gasteiger partial charge in [0.15, 0.2) is 0 Å². The maximum absolute atomic E-state index is 5.33. The molecular formula is C17H32SSn. The van der Waals surface area contributed by atoms with Crippen molar-refractivity contribution in [3.05, 3.63) is 9.50 Å². The fourth-order valence-corrected chi connectivity index (χ4v) is 19.0. The quantitative estimate of drug-likeness (QED) is 0.217. The molecule has 2 heteroatoms. The van der Waals surface area contributed by atoms with Crippen molar-refractivity contribution in [2.24, 2.45) is 0 Å². The van der Waals surface area contributed by atoms with Crippen LogP contribution in [0.25, 0.3) is 0 Å². The summed E-state index contributed by atoms with van der Waals surface area (Å²) in [6.45, 7) is 6.98. The van der Waals surface area contributed by atoms with E-state index in [1.54, 1.807) is 13.3 Å². The first-order valence-electron chi connectivity index (χ1n) is 7.97. The summed E-state index contributed by atoms with van der Waals surface area (Å²) in [6, 6.07) is 0. The summed E-state index contributed by atoms with van der Waals surface area (Å²) in [5.41, 5.74) is 0. The number of terminal acetylenes is 1. The molecule has 0 nitrogen and oxygen atoms in total. The second kappa shape index (κ2) is 13.4. The molecular weight excluding hydrogens is 355 g/mol. The molecule has 0 aromatic carbocycles. The molecule has 0 aromatic rings. The van der Waals surface area contributed by atoms with Gasteiger partial charge in [0.2, 0.25) is 0 Å². The van der Waals surface area contributed by atoms with Crippen LogP contribution >= 0.6 is 11.8 Å². The van der Waals surface area contributed by atoms with E-state index in [1.807, 2.05) is 11.8 Å². The van der Waals surface area contributed by atoms with Crippen molar-refractivity contribution >= 4 is 30.1 Å². The first kappa shape index (κ1) is 19.4. The van der Waals surface area contributed by atoms with Gasteiger partial charge in [0.25, 0.3) is 0 Å². The number of rotatable bonds is 12. The maximum atomic E-state index is 5.33. The molecule has 0 N–H and O–H groups in total. The van der Waals surface area contributed by atoms with E-state index in [9.17, 15) is 0 Å². The van der Waals surface area contributed by atoms with Gasteiger partial charge in [0.05, 0.1) is 0 Å². The summed E-state index contributed by atoms with van der Waals surface area (Å²) in [4.78, 5) is 0. The predicted molar refractivity (Wildman–Crippen MR) is 95.3 cm³/mol. The molecule has 0 aliphatic heterocycles. The van der Waals surface area contributed by atoms with Crippen LogP contribution in [0.5, 0.6) is 0 Å². The van der Waals surface area contributed by atoms with E-state index in [1.165, 1.54) is 38.5 Å². The number of unbranched alkanes of at least 4 members (excludes halogenated alkanes) is 3. The van der Waals surface area contributed by atoms with Crippen LogP contribution < -0.4 is 0 Å². The Labute approximate surface area is 130 Å². The van der Waals surface area contributed by atoms with Crippen molar-refractivity contribution in [2.45, 2.75) is 72.6 Å². The molecule has 110 valence electrons. The molecule has 0 rings (SSSR count). The number of hydrogen-bond donors (Lipinski definition) is 0. The summed E-state index contributed by atoms with van der Waals surface area (Å²) in [5.74, 6) is 3.55. The summed E-state index contributed by atoms with van der Waals surface area (Å²) in [6.07, 6.45) is 13.7. The van der Waals surface area contributed by atoms with Crippen LogP contribution in [0.15, 0.2) is 9.50 Å². The van der Waals surface area contributed by atoms with Crippen LogP contribution in [0, 0.1) is 12.3 Å². The molecule has 0 heterocycles. The van der Waals surface area contributed by atoms with Gasteiger partial charge in [-0.3, -0.25) is 0 Å². The Morgan fingerprint density at radius 3 is 1.79 bits per heavy atom. The van der Waals surface area contributed by atoms with Crippen LogP contribution in [0.1, 0.15) is 59.3 Å². The molecule has 0 fully saturated rings. The molecule has 0 aliphatic rings. The molecule has 0 aromatic heterocycles. The Balaban J connectivity index is 4.66. The summed E-state index contributed by atoms with van der Waals surface area (Å²) in [5, 5.41) is 2.36. The van der Waals surface area contributed by atoms with Crippen LogP contribution in [0.2, 0.25) is 13.3 Å². The van der Waals surface area contributed by atoms with Crippen molar-refractivity contribution in [3.8, 4) is 12.3 Å². The van der Waals surface area contributed by atoms with Crippen LogP contribution in [0.4, 0.5) is 0 Å². The Morgan fingerprint density at radius 1 is 0.947 bits per heavy atom. The van der Waals surface area contributed by atoms with Crippen molar-refractivity contribution in [1.29, 1.82) is 0 Å². The number of hydrogen-bond acceptors (Lipinski definition) is 1. The van der Waals surface area contributed by atoms with Crippen molar-refractivity contribution < 1.29 is 0 Å². The Morgan fingerprint density at radius 2 is 1.42 bits per heavy atom. The zero-order chi connectivity index (χ0) is 14.4. The molecule has 0 spiro atoms. The third-order valence-corrected chi connectivity index (χ3v) is 19.2. The molecule has 0 bridgehead atoms. The minimum absolute atomic E-state index is 0.827. The Kier molecular flexibility index (Phi) is 13.7. The minimum atomic E-state index is -2.00. The topological polar surface area (TPSA) is 0 Å². The van der Waals surface area contributed by atoms with Crippen molar-refractivity contribution in [3.63, 3.8) is 0 Å². The van der Waals surface area contributed by atoms with Gasteiger partial charge in [0, 0.05) is 0 Å². The Bertz CT molecular complexity index is 243. The van der Waals surface area contributed by atoms with Gasteiger partial charge >= 0.3 is 130 Å². The van der Waals surface area contributed by atoms with E-state index in [4.69, 9.17) is 6.42 Å². The molecule has 0 amide bonds. The van der Waals surface area contributed by atoms with Gasteiger partial charge in [-0.05, 0) is 0 Å². The third-order valence-electron chi connectivity index (χ3n) is 3.77. The van der Waals surface area contributed by atoms with E-state index in [2.05, 4.69) is 36.2 Å². The van der Waals surface area contributed by atoms with E-state index < -0.39 is 18.4 Å². The normalized spacial score (nSPS) is 11.9. The molecule has 19 heavy (non-hydrogen) atoms. The van der Waals surface area contributed by atoms with Gasteiger partial charge < -0.3 is 0 Å². The van der Waals surface area contributed by atoms with Crippen LogP contribution in [0.3, 0.4) is 0 Å².